The van der Waals surface area contributed by atoms with Gasteiger partial charge in [-0.3, -0.25) is 0 Å². The summed E-state index contributed by atoms with van der Waals surface area (Å²) in [6.45, 7) is 7.53. The topological polar surface area (TPSA) is 12.0 Å². The van der Waals surface area contributed by atoms with Crippen molar-refractivity contribution in [1.82, 2.24) is 5.32 Å². The van der Waals surface area contributed by atoms with Crippen LogP contribution in [0.1, 0.15) is 32.4 Å². The number of nitrogens with one attached hydrogen (secondary N) is 1. The molecular formula is C12H17BrClN. The SMILES string of the molecule is CCNC(c1ccc(Cl)cc1Br)C(C)C. The zero-order chi connectivity index (χ0) is 11.4. The Bertz CT molecular complexity index is 325. The van der Waals surface area contributed by atoms with Gasteiger partial charge in [0, 0.05) is 15.5 Å². The maximum Gasteiger partial charge on any atom is 0.0417 e. The van der Waals surface area contributed by atoms with E-state index in [-0.39, 0.29) is 0 Å². The molecule has 15 heavy (non-hydrogen) atoms. The normalized spacial score (nSPS) is 13.2. The fourth-order valence-corrected chi connectivity index (χ4v) is 2.61. The molecule has 0 aliphatic rings. The zero-order valence-corrected chi connectivity index (χ0v) is 11.7. The van der Waals surface area contributed by atoms with Crippen LogP contribution in [-0.2, 0) is 0 Å². The van der Waals surface area contributed by atoms with Gasteiger partial charge in [-0.25, -0.2) is 0 Å². The lowest BCUT2D eigenvalue weighted by Crippen LogP contribution is -2.25. The summed E-state index contributed by atoms with van der Waals surface area (Å²) in [5.74, 6) is 0.558. The van der Waals surface area contributed by atoms with Crippen LogP contribution < -0.4 is 5.32 Å². The monoisotopic (exact) mass is 289 g/mol. The molecule has 0 fully saturated rings. The summed E-state index contributed by atoms with van der Waals surface area (Å²) in [5.41, 5.74) is 1.27. The minimum absolute atomic E-state index is 0.377. The fourth-order valence-electron chi connectivity index (χ4n) is 1.68. The zero-order valence-electron chi connectivity index (χ0n) is 9.35. The lowest BCUT2D eigenvalue weighted by atomic mass is 9.96. The van der Waals surface area contributed by atoms with Gasteiger partial charge in [0.2, 0.25) is 0 Å². The molecule has 0 amide bonds. The molecule has 1 atom stereocenters. The Kier molecular flexibility index (Phi) is 5.10. The summed E-state index contributed by atoms with van der Waals surface area (Å²) in [7, 11) is 0. The van der Waals surface area contributed by atoms with Crippen molar-refractivity contribution < 1.29 is 0 Å². The van der Waals surface area contributed by atoms with E-state index in [0.29, 0.717) is 12.0 Å². The molecule has 1 N–H and O–H groups in total. The molecule has 1 nitrogen and oxygen atoms in total. The van der Waals surface area contributed by atoms with E-state index in [1.807, 2.05) is 12.1 Å². The number of hydrogen-bond donors (Lipinski definition) is 1. The molecule has 1 unspecified atom stereocenters. The third-order valence-electron chi connectivity index (χ3n) is 2.39. The van der Waals surface area contributed by atoms with E-state index in [1.165, 1.54) is 5.56 Å². The van der Waals surface area contributed by atoms with Gasteiger partial charge in [0.1, 0.15) is 0 Å². The first-order valence-corrected chi connectivity index (χ1v) is 6.41. The van der Waals surface area contributed by atoms with Gasteiger partial charge in [-0.15, -0.1) is 0 Å². The second-order valence-electron chi connectivity index (χ2n) is 3.95. The maximum atomic E-state index is 5.93. The molecule has 0 saturated heterocycles. The Hall–Kier alpha value is -0.0500. The van der Waals surface area contributed by atoms with Crippen LogP contribution in [0, 0.1) is 5.92 Å². The van der Waals surface area contributed by atoms with Gasteiger partial charge in [-0.2, -0.15) is 0 Å². The van der Waals surface area contributed by atoms with Crippen molar-refractivity contribution >= 4 is 27.5 Å². The number of rotatable bonds is 4. The maximum absolute atomic E-state index is 5.93. The molecule has 3 heteroatoms. The van der Waals surface area contributed by atoms with E-state index < -0.39 is 0 Å². The lowest BCUT2D eigenvalue weighted by molar-refractivity contribution is 0.420. The van der Waals surface area contributed by atoms with E-state index in [0.717, 1.165) is 16.0 Å². The smallest absolute Gasteiger partial charge is 0.0417 e. The summed E-state index contributed by atoms with van der Waals surface area (Å²) in [5, 5.41) is 4.25. The third kappa shape index (κ3) is 3.47. The van der Waals surface area contributed by atoms with Gasteiger partial charge in [0.15, 0.2) is 0 Å². The average molecular weight is 291 g/mol. The van der Waals surface area contributed by atoms with Crippen LogP contribution >= 0.6 is 27.5 Å². The van der Waals surface area contributed by atoms with Gasteiger partial charge < -0.3 is 5.32 Å². The molecule has 0 bridgehead atoms. The molecule has 0 radical (unpaired) electrons. The standard InChI is InChI=1S/C12H17BrClN/c1-4-15-12(8(2)3)10-6-5-9(14)7-11(10)13/h5-8,12,15H,4H2,1-3H3. The van der Waals surface area contributed by atoms with Crippen molar-refractivity contribution in [3.05, 3.63) is 33.3 Å². The fraction of sp³-hybridized carbons (Fsp3) is 0.500. The van der Waals surface area contributed by atoms with Crippen LogP contribution in [0.25, 0.3) is 0 Å². The molecular weight excluding hydrogens is 273 g/mol. The van der Waals surface area contributed by atoms with Gasteiger partial charge in [-0.1, -0.05) is 54.4 Å². The Morgan fingerprint density at radius 1 is 1.40 bits per heavy atom. The molecule has 0 saturated carbocycles. The van der Waals surface area contributed by atoms with Crippen LogP contribution in [0.2, 0.25) is 5.02 Å². The van der Waals surface area contributed by atoms with E-state index >= 15 is 0 Å². The summed E-state index contributed by atoms with van der Waals surface area (Å²) in [6.07, 6.45) is 0. The second-order valence-corrected chi connectivity index (χ2v) is 5.24. The van der Waals surface area contributed by atoms with Gasteiger partial charge in [-0.05, 0) is 30.2 Å². The summed E-state index contributed by atoms with van der Waals surface area (Å²) in [6, 6.07) is 6.35. The van der Waals surface area contributed by atoms with Crippen molar-refractivity contribution in [3.8, 4) is 0 Å². The molecule has 84 valence electrons. The molecule has 0 aliphatic heterocycles. The van der Waals surface area contributed by atoms with Crippen molar-refractivity contribution in [2.75, 3.05) is 6.54 Å². The summed E-state index contributed by atoms with van der Waals surface area (Å²) >= 11 is 9.49. The Morgan fingerprint density at radius 2 is 2.07 bits per heavy atom. The molecule has 0 spiro atoms. The summed E-state index contributed by atoms with van der Waals surface area (Å²) < 4.78 is 1.08. The predicted octanol–water partition coefficient (Wildman–Crippen LogP) is 4.41. The van der Waals surface area contributed by atoms with Crippen LogP contribution in [0.5, 0.6) is 0 Å². The largest absolute Gasteiger partial charge is 0.310 e. The van der Waals surface area contributed by atoms with Crippen LogP contribution in [0.15, 0.2) is 22.7 Å². The first-order valence-electron chi connectivity index (χ1n) is 5.24. The number of benzene rings is 1. The molecule has 1 aromatic carbocycles. The van der Waals surface area contributed by atoms with Crippen molar-refractivity contribution in [2.45, 2.75) is 26.8 Å². The molecule has 1 rings (SSSR count). The quantitative estimate of drug-likeness (QED) is 0.866. The van der Waals surface area contributed by atoms with Gasteiger partial charge >= 0.3 is 0 Å². The molecule has 1 aromatic rings. The minimum atomic E-state index is 0.377. The van der Waals surface area contributed by atoms with Crippen LogP contribution in [-0.4, -0.2) is 6.54 Å². The highest BCUT2D eigenvalue weighted by Gasteiger charge is 2.16. The molecule has 0 heterocycles. The summed E-state index contributed by atoms with van der Waals surface area (Å²) in [4.78, 5) is 0. The number of hydrogen-bond acceptors (Lipinski definition) is 1. The minimum Gasteiger partial charge on any atom is -0.310 e. The second kappa shape index (κ2) is 5.88. The van der Waals surface area contributed by atoms with E-state index in [9.17, 15) is 0 Å². The third-order valence-corrected chi connectivity index (χ3v) is 3.31. The van der Waals surface area contributed by atoms with E-state index in [2.05, 4.69) is 48.1 Å². The highest BCUT2D eigenvalue weighted by atomic mass is 79.9. The molecule has 0 aliphatic carbocycles. The average Bonchev–Trinajstić information content (AvgIpc) is 2.15. The van der Waals surface area contributed by atoms with Crippen LogP contribution in [0.3, 0.4) is 0 Å². The first kappa shape index (κ1) is 13.0. The first-order chi connectivity index (χ1) is 7.06. The Morgan fingerprint density at radius 3 is 2.53 bits per heavy atom. The number of halogens is 2. The van der Waals surface area contributed by atoms with Gasteiger partial charge in [0.05, 0.1) is 0 Å². The highest BCUT2D eigenvalue weighted by molar-refractivity contribution is 9.10. The lowest BCUT2D eigenvalue weighted by Gasteiger charge is -2.23. The predicted molar refractivity (Wildman–Crippen MR) is 70.4 cm³/mol. The molecule has 0 aromatic heterocycles. The van der Waals surface area contributed by atoms with Crippen molar-refractivity contribution in [3.63, 3.8) is 0 Å². The van der Waals surface area contributed by atoms with Crippen molar-refractivity contribution in [2.24, 2.45) is 5.92 Å². The van der Waals surface area contributed by atoms with E-state index in [1.54, 1.807) is 0 Å². The Balaban J connectivity index is 3.00. The highest BCUT2D eigenvalue weighted by Crippen LogP contribution is 2.30. The van der Waals surface area contributed by atoms with Crippen LogP contribution in [0.4, 0.5) is 0 Å². The van der Waals surface area contributed by atoms with Gasteiger partial charge in [0.25, 0.3) is 0 Å². The van der Waals surface area contributed by atoms with Crippen molar-refractivity contribution in [1.29, 1.82) is 0 Å². The Labute approximate surface area is 105 Å². The van der Waals surface area contributed by atoms with E-state index in [4.69, 9.17) is 11.6 Å².